The van der Waals surface area contributed by atoms with E-state index in [4.69, 9.17) is 0 Å². The second-order valence-electron chi connectivity index (χ2n) is 6.98. The van der Waals surface area contributed by atoms with Gasteiger partial charge in [-0.2, -0.15) is 0 Å². The van der Waals surface area contributed by atoms with Gasteiger partial charge in [-0.05, 0) is 68.3 Å². The number of amides is 1. The summed E-state index contributed by atoms with van der Waals surface area (Å²) >= 11 is 0. The summed E-state index contributed by atoms with van der Waals surface area (Å²) < 4.78 is 27.7. The van der Waals surface area contributed by atoms with Crippen molar-refractivity contribution in [3.05, 3.63) is 59.2 Å². The maximum atomic E-state index is 12.7. The van der Waals surface area contributed by atoms with Crippen molar-refractivity contribution < 1.29 is 13.2 Å². The second-order valence-corrected chi connectivity index (χ2v) is 8.66. The van der Waals surface area contributed by atoms with Gasteiger partial charge in [-0.25, -0.2) is 8.42 Å². The fraction of sp³-hybridized carbons (Fsp3) is 0.350. The van der Waals surface area contributed by atoms with Crippen LogP contribution >= 0.6 is 0 Å². The molecule has 2 aromatic carbocycles. The Morgan fingerprint density at radius 1 is 1.11 bits per heavy atom. The van der Waals surface area contributed by atoms with E-state index in [1.54, 1.807) is 42.5 Å². The van der Waals surface area contributed by atoms with Crippen molar-refractivity contribution in [1.29, 1.82) is 0 Å². The number of hydrogen-bond donors (Lipinski definition) is 2. The summed E-state index contributed by atoms with van der Waals surface area (Å²) in [7, 11) is -3.67. The van der Waals surface area contributed by atoms with E-state index < -0.39 is 10.0 Å². The van der Waals surface area contributed by atoms with Gasteiger partial charge in [0, 0.05) is 36.9 Å². The summed E-state index contributed by atoms with van der Waals surface area (Å²) in [6.07, 6.45) is 0. The summed E-state index contributed by atoms with van der Waals surface area (Å²) in [5.74, 6) is -0.0347. The van der Waals surface area contributed by atoms with Crippen LogP contribution in [0.4, 0.5) is 5.69 Å². The Kier molecular flexibility index (Phi) is 5.53. The van der Waals surface area contributed by atoms with Gasteiger partial charge >= 0.3 is 0 Å². The SMILES string of the molecule is Cc1ccc(S(=O)(=O)Nc2ccc(C(=O)N3CCNC[C@@H]3C)cc2)cc1C. The molecule has 6 nitrogen and oxygen atoms in total. The Morgan fingerprint density at radius 3 is 2.44 bits per heavy atom. The first-order chi connectivity index (χ1) is 12.8. The Hall–Kier alpha value is -2.38. The van der Waals surface area contributed by atoms with E-state index in [1.807, 2.05) is 25.7 Å². The van der Waals surface area contributed by atoms with Crippen molar-refractivity contribution in [2.45, 2.75) is 31.7 Å². The van der Waals surface area contributed by atoms with Crippen LogP contribution in [0.1, 0.15) is 28.4 Å². The number of piperazine rings is 1. The molecule has 0 saturated carbocycles. The highest BCUT2D eigenvalue weighted by molar-refractivity contribution is 7.92. The molecule has 1 amide bonds. The molecule has 0 unspecified atom stereocenters. The van der Waals surface area contributed by atoms with Gasteiger partial charge in [-0.1, -0.05) is 6.07 Å². The van der Waals surface area contributed by atoms with Crippen LogP contribution < -0.4 is 10.0 Å². The van der Waals surface area contributed by atoms with Crippen molar-refractivity contribution in [3.63, 3.8) is 0 Å². The number of benzene rings is 2. The first-order valence-electron chi connectivity index (χ1n) is 9.00. The van der Waals surface area contributed by atoms with E-state index >= 15 is 0 Å². The zero-order valence-corrected chi connectivity index (χ0v) is 16.6. The molecule has 1 heterocycles. The Balaban J connectivity index is 1.75. The smallest absolute Gasteiger partial charge is 0.261 e. The average molecular weight is 388 g/mol. The highest BCUT2D eigenvalue weighted by Crippen LogP contribution is 2.20. The fourth-order valence-corrected chi connectivity index (χ4v) is 4.23. The molecule has 0 aromatic heterocycles. The van der Waals surface area contributed by atoms with Crippen molar-refractivity contribution in [1.82, 2.24) is 10.2 Å². The predicted octanol–water partition coefficient (Wildman–Crippen LogP) is 2.54. The van der Waals surface area contributed by atoms with Crippen molar-refractivity contribution in [3.8, 4) is 0 Å². The molecule has 144 valence electrons. The van der Waals surface area contributed by atoms with Crippen LogP contribution in [-0.2, 0) is 10.0 Å². The molecular formula is C20H25N3O3S. The van der Waals surface area contributed by atoms with Gasteiger partial charge in [-0.3, -0.25) is 9.52 Å². The summed E-state index contributed by atoms with van der Waals surface area (Å²) in [5.41, 5.74) is 2.94. The Morgan fingerprint density at radius 2 is 1.81 bits per heavy atom. The normalized spacial score (nSPS) is 17.6. The van der Waals surface area contributed by atoms with E-state index in [1.165, 1.54) is 0 Å². The molecule has 0 bridgehead atoms. The number of sulfonamides is 1. The van der Waals surface area contributed by atoms with E-state index in [9.17, 15) is 13.2 Å². The monoisotopic (exact) mass is 387 g/mol. The standard InChI is InChI=1S/C20H25N3O3S/c1-14-4-9-19(12-15(14)2)27(25,26)22-18-7-5-17(6-8-18)20(24)23-11-10-21-13-16(23)3/h4-9,12,16,21-22H,10-11,13H2,1-3H3/t16-/m0/s1. The maximum Gasteiger partial charge on any atom is 0.261 e. The fourth-order valence-electron chi connectivity index (χ4n) is 3.08. The van der Waals surface area contributed by atoms with Crippen LogP contribution in [0.2, 0.25) is 0 Å². The van der Waals surface area contributed by atoms with Crippen LogP contribution in [0, 0.1) is 13.8 Å². The van der Waals surface area contributed by atoms with Crippen molar-refractivity contribution >= 4 is 21.6 Å². The third-order valence-electron chi connectivity index (χ3n) is 4.93. The zero-order valence-electron chi connectivity index (χ0n) is 15.8. The Labute approximate surface area is 160 Å². The van der Waals surface area contributed by atoms with Crippen molar-refractivity contribution in [2.75, 3.05) is 24.4 Å². The number of carbonyl (C=O) groups excluding carboxylic acids is 1. The van der Waals surface area contributed by atoms with E-state index in [-0.39, 0.29) is 16.8 Å². The first kappa shape index (κ1) is 19.4. The largest absolute Gasteiger partial charge is 0.333 e. The number of nitrogens with zero attached hydrogens (tertiary/aromatic N) is 1. The molecule has 3 rings (SSSR count). The van der Waals surface area contributed by atoms with E-state index in [2.05, 4.69) is 10.0 Å². The average Bonchev–Trinajstić information content (AvgIpc) is 2.64. The third kappa shape index (κ3) is 4.31. The molecule has 1 atom stereocenters. The molecule has 0 radical (unpaired) electrons. The molecule has 0 spiro atoms. The molecule has 0 aliphatic carbocycles. The number of aryl methyl sites for hydroxylation is 2. The highest BCUT2D eigenvalue weighted by Gasteiger charge is 2.24. The third-order valence-corrected chi connectivity index (χ3v) is 6.31. The predicted molar refractivity (Wildman–Crippen MR) is 107 cm³/mol. The lowest BCUT2D eigenvalue weighted by atomic mass is 10.1. The lowest BCUT2D eigenvalue weighted by Gasteiger charge is -2.34. The molecule has 1 aliphatic heterocycles. The number of rotatable bonds is 4. The maximum absolute atomic E-state index is 12.7. The molecule has 2 aromatic rings. The molecule has 7 heteroatoms. The summed E-state index contributed by atoms with van der Waals surface area (Å²) in [6.45, 7) is 8.06. The second kappa shape index (κ2) is 7.70. The van der Waals surface area contributed by atoms with Crippen LogP contribution in [0.5, 0.6) is 0 Å². The van der Waals surface area contributed by atoms with Crippen molar-refractivity contribution in [2.24, 2.45) is 0 Å². The minimum Gasteiger partial charge on any atom is -0.333 e. The minimum atomic E-state index is -3.67. The van der Waals surface area contributed by atoms with Crippen LogP contribution in [-0.4, -0.2) is 44.9 Å². The van der Waals surface area contributed by atoms with Crippen LogP contribution in [0.15, 0.2) is 47.4 Å². The van der Waals surface area contributed by atoms with Gasteiger partial charge in [0.1, 0.15) is 0 Å². The summed E-state index contributed by atoms with van der Waals surface area (Å²) in [6, 6.07) is 11.7. The van der Waals surface area contributed by atoms with Gasteiger partial charge in [0.25, 0.3) is 15.9 Å². The molecule has 1 aliphatic rings. The quantitative estimate of drug-likeness (QED) is 0.845. The van der Waals surface area contributed by atoms with Gasteiger partial charge < -0.3 is 10.2 Å². The zero-order chi connectivity index (χ0) is 19.6. The summed E-state index contributed by atoms with van der Waals surface area (Å²) in [4.78, 5) is 14.7. The number of hydrogen-bond acceptors (Lipinski definition) is 4. The minimum absolute atomic E-state index is 0.0347. The molecule has 1 fully saturated rings. The van der Waals surface area contributed by atoms with Gasteiger partial charge in [0.15, 0.2) is 0 Å². The van der Waals surface area contributed by atoms with Gasteiger partial charge in [-0.15, -0.1) is 0 Å². The van der Waals surface area contributed by atoms with E-state index in [0.29, 0.717) is 17.8 Å². The Bertz CT molecular complexity index is 939. The molecule has 27 heavy (non-hydrogen) atoms. The lowest BCUT2D eigenvalue weighted by molar-refractivity contribution is 0.0656. The molecule has 1 saturated heterocycles. The first-order valence-corrected chi connectivity index (χ1v) is 10.5. The van der Waals surface area contributed by atoms with Crippen LogP contribution in [0.3, 0.4) is 0 Å². The highest BCUT2D eigenvalue weighted by atomic mass is 32.2. The molecular weight excluding hydrogens is 362 g/mol. The van der Waals surface area contributed by atoms with E-state index in [0.717, 1.165) is 24.2 Å². The lowest BCUT2D eigenvalue weighted by Crippen LogP contribution is -2.52. The molecule has 2 N–H and O–H groups in total. The number of nitrogens with one attached hydrogen (secondary N) is 2. The summed E-state index contributed by atoms with van der Waals surface area (Å²) in [5, 5.41) is 3.26. The number of carbonyl (C=O) groups is 1. The van der Waals surface area contributed by atoms with Crippen LogP contribution in [0.25, 0.3) is 0 Å². The van der Waals surface area contributed by atoms with Gasteiger partial charge in [0.05, 0.1) is 4.90 Å². The van der Waals surface area contributed by atoms with Gasteiger partial charge in [0.2, 0.25) is 0 Å². The topological polar surface area (TPSA) is 78.5 Å². The number of anilines is 1.